The van der Waals surface area contributed by atoms with Gasteiger partial charge in [0, 0.05) is 0 Å². The number of ketones is 1. The van der Waals surface area contributed by atoms with Gasteiger partial charge in [0.15, 0.2) is 5.78 Å². The second kappa shape index (κ2) is 4.91. The van der Waals surface area contributed by atoms with Crippen molar-refractivity contribution in [3.05, 3.63) is 46.5 Å². The van der Waals surface area contributed by atoms with Crippen molar-refractivity contribution in [2.24, 2.45) is 0 Å². The Hall–Kier alpha value is -1.39. The van der Waals surface area contributed by atoms with Crippen molar-refractivity contribution in [2.45, 2.75) is 6.61 Å². The number of Topliss-reactive ketones (excluding diaryl/α,β-unsaturated/α-hetero) is 1. The number of hydrogen-bond donors (Lipinski definition) is 0. The number of carbonyl (C=O) groups is 1. The van der Waals surface area contributed by atoms with E-state index in [0.717, 1.165) is 10.6 Å². The van der Waals surface area contributed by atoms with E-state index in [0.29, 0.717) is 6.61 Å². The third-order valence-electron chi connectivity index (χ3n) is 1.85. The van der Waals surface area contributed by atoms with Crippen LogP contribution in [0.5, 0.6) is 0 Å². The lowest BCUT2D eigenvalue weighted by Gasteiger charge is -1.99. The molecule has 0 bridgehead atoms. The number of thiophene rings is 1. The molecular weight excluding hydrogens is 212 g/mol. The lowest BCUT2D eigenvalue weighted by molar-refractivity contribution is 0.0695. The molecule has 2 heterocycles. The zero-order valence-corrected chi connectivity index (χ0v) is 8.83. The predicted octanol–water partition coefficient (Wildman–Crippen LogP) is 2.74. The number of carbonyl (C=O) groups excluding carboxylic acids is 1. The van der Waals surface area contributed by atoms with Gasteiger partial charge in [0.25, 0.3) is 0 Å². The summed E-state index contributed by atoms with van der Waals surface area (Å²) in [5.41, 5.74) is 0. The molecule has 0 saturated carbocycles. The fourth-order valence-electron chi connectivity index (χ4n) is 1.15. The minimum Gasteiger partial charge on any atom is -0.467 e. The minimum absolute atomic E-state index is 0.0107. The molecule has 78 valence electrons. The molecule has 0 N–H and O–H groups in total. The Bertz CT molecular complexity index is 403. The van der Waals surface area contributed by atoms with Gasteiger partial charge in [0.1, 0.15) is 19.0 Å². The molecule has 0 unspecified atom stereocenters. The summed E-state index contributed by atoms with van der Waals surface area (Å²) in [6.07, 6.45) is 1.58. The number of hydrogen-bond acceptors (Lipinski definition) is 4. The molecule has 2 rings (SSSR count). The summed E-state index contributed by atoms with van der Waals surface area (Å²) in [5.74, 6) is 0.741. The molecule has 0 saturated heterocycles. The van der Waals surface area contributed by atoms with E-state index < -0.39 is 0 Å². The van der Waals surface area contributed by atoms with Gasteiger partial charge in [-0.15, -0.1) is 11.3 Å². The smallest absolute Gasteiger partial charge is 0.198 e. The molecule has 4 heteroatoms. The first-order chi connectivity index (χ1) is 7.36. The highest BCUT2D eigenvalue weighted by molar-refractivity contribution is 7.12. The highest BCUT2D eigenvalue weighted by Crippen LogP contribution is 2.10. The third-order valence-corrected chi connectivity index (χ3v) is 2.76. The van der Waals surface area contributed by atoms with Gasteiger partial charge in [0.05, 0.1) is 11.1 Å². The summed E-state index contributed by atoms with van der Waals surface area (Å²) >= 11 is 1.43. The van der Waals surface area contributed by atoms with Crippen LogP contribution in [0.1, 0.15) is 15.4 Å². The van der Waals surface area contributed by atoms with Crippen molar-refractivity contribution < 1.29 is 13.9 Å². The Kier molecular flexibility index (Phi) is 3.32. The van der Waals surface area contributed by atoms with Gasteiger partial charge in [-0.05, 0) is 23.6 Å². The molecule has 0 aliphatic heterocycles. The topological polar surface area (TPSA) is 39.4 Å². The maximum atomic E-state index is 11.5. The monoisotopic (exact) mass is 222 g/mol. The van der Waals surface area contributed by atoms with Crippen LogP contribution in [0.3, 0.4) is 0 Å². The molecular formula is C11H10O3S. The zero-order chi connectivity index (χ0) is 10.5. The Morgan fingerprint density at radius 2 is 2.33 bits per heavy atom. The van der Waals surface area contributed by atoms with Crippen LogP contribution in [0.25, 0.3) is 0 Å². The van der Waals surface area contributed by atoms with Crippen LogP contribution in [-0.2, 0) is 11.3 Å². The van der Waals surface area contributed by atoms with E-state index in [1.807, 2.05) is 17.5 Å². The van der Waals surface area contributed by atoms with Crippen LogP contribution in [0.15, 0.2) is 40.3 Å². The molecule has 3 nitrogen and oxygen atoms in total. The van der Waals surface area contributed by atoms with Crippen molar-refractivity contribution in [1.82, 2.24) is 0 Å². The molecule has 0 atom stereocenters. The fraction of sp³-hybridized carbons (Fsp3) is 0.182. The first kappa shape index (κ1) is 10.1. The van der Waals surface area contributed by atoms with Crippen molar-refractivity contribution >= 4 is 17.1 Å². The standard InChI is InChI=1S/C11H10O3S/c12-10(11-4-2-6-15-11)8-13-7-9-3-1-5-14-9/h1-6H,7-8H2. The highest BCUT2D eigenvalue weighted by atomic mass is 32.1. The van der Waals surface area contributed by atoms with E-state index >= 15 is 0 Å². The zero-order valence-electron chi connectivity index (χ0n) is 8.01. The van der Waals surface area contributed by atoms with E-state index in [9.17, 15) is 4.79 Å². The van der Waals surface area contributed by atoms with Gasteiger partial charge in [-0.25, -0.2) is 0 Å². The normalized spacial score (nSPS) is 10.4. The van der Waals surface area contributed by atoms with E-state index in [-0.39, 0.29) is 12.4 Å². The summed E-state index contributed by atoms with van der Waals surface area (Å²) < 4.78 is 10.3. The Morgan fingerprint density at radius 3 is 3.00 bits per heavy atom. The van der Waals surface area contributed by atoms with Crippen LogP contribution in [0.2, 0.25) is 0 Å². The van der Waals surface area contributed by atoms with Gasteiger partial charge >= 0.3 is 0 Å². The number of furan rings is 1. The van der Waals surface area contributed by atoms with Crippen LogP contribution in [-0.4, -0.2) is 12.4 Å². The maximum Gasteiger partial charge on any atom is 0.198 e. The van der Waals surface area contributed by atoms with Crippen molar-refractivity contribution in [3.8, 4) is 0 Å². The first-order valence-corrected chi connectivity index (χ1v) is 5.41. The molecule has 0 aliphatic carbocycles. The fourth-order valence-corrected chi connectivity index (χ4v) is 1.80. The van der Waals surface area contributed by atoms with Crippen molar-refractivity contribution in [1.29, 1.82) is 0 Å². The second-order valence-electron chi connectivity index (χ2n) is 2.97. The second-order valence-corrected chi connectivity index (χ2v) is 3.92. The summed E-state index contributed by atoms with van der Waals surface area (Å²) in [4.78, 5) is 12.2. The molecule has 0 spiro atoms. The predicted molar refractivity (Wildman–Crippen MR) is 57.0 cm³/mol. The van der Waals surface area contributed by atoms with Gasteiger partial charge in [0.2, 0.25) is 0 Å². The third kappa shape index (κ3) is 2.78. The molecule has 2 aromatic rings. The van der Waals surface area contributed by atoms with Crippen LogP contribution in [0.4, 0.5) is 0 Å². The quantitative estimate of drug-likeness (QED) is 0.730. The molecule has 15 heavy (non-hydrogen) atoms. The van der Waals surface area contributed by atoms with Gasteiger partial charge in [-0.3, -0.25) is 4.79 Å². The van der Waals surface area contributed by atoms with Crippen LogP contribution in [0, 0.1) is 0 Å². The average molecular weight is 222 g/mol. The molecule has 0 fully saturated rings. The lowest BCUT2D eigenvalue weighted by Crippen LogP contribution is -2.07. The van der Waals surface area contributed by atoms with Crippen molar-refractivity contribution in [3.63, 3.8) is 0 Å². The summed E-state index contributed by atoms with van der Waals surface area (Å²) in [6.45, 7) is 0.436. The maximum absolute atomic E-state index is 11.5. The van der Waals surface area contributed by atoms with Gasteiger partial charge in [-0.2, -0.15) is 0 Å². The van der Waals surface area contributed by atoms with Crippen molar-refractivity contribution in [2.75, 3.05) is 6.61 Å². The van der Waals surface area contributed by atoms with Crippen LogP contribution >= 0.6 is 11.3 Å². The molecule has 2 aromatic heterocycles. The highest BCUT2D eigenvalue weighted by Gasteiger charge is 2.06. The van der Waals surface area contributed by atoms with E-state index in [1.54, 1.807) is 18.4 Å². The molecule has 0 amide bonds. The Balaban J connectivity index is 1.77. The number of rotatable bonds is 5. The number of ether oxygens (including phenoxy) is 1. The molecule has 0 aliphatic rings. The van der Waals surface area contributed by atoms with E-state index in [1.165, 1.54) is 11.3 Å². The van der Waals surface area contributed by atoms with Gasteiger partial charge < -0.3 is 9.15 Å². The first-order valence-electron chi connectivity index (χ1n) is 4.53. The van der Waals surface area contributed by atoms with E-state index in [4.69, 9.17) is 9.15 Å². The van der Waals surface area contributed by atoms with E-state index in [2.05, 4.69) is 0 Å². The summed E-state index contributed by atoms with van der Waals surface area (Å²) in [7, 11) is 0. The summed E-state index contributed by atoms with van der Waals surface area (Å²) in [6, 6.07) is 7.25. The average Bonchev–Trinajstić information content (AvgIpc) is 2.90. The largest absolute Gasteiger partial charge is 0.467 e. The minimum atomic E-state index is 0.0107. The van der Waals surface area contributed by atoms with Gasteiger partial charge in [-0.1, -0.05) is 6.07 Å². The lowest BCUT2D eigenvalue weighted by atomic mass is 10.3. The SMILES string of the molecule is O=C(COCc1ccco1)c1cccs1. The Labute approximate surface area is 91.3 Å². The molecule has 0 radical (unpaired) electrons. The van der Waals surface area contributed by atoms with Crippen LogP contribution < -0.4 is 0 Å². The molecule has 0 aromatic carbocycles. The Morgan fingerprint density at radius 1 is 1.40 bits per heavy atom. The summed E-state index contributed by atoms with van der Waals surface area (Å²) in [5, 5.41) is 1.87.